The summed E-state index contributed by atoms with van der Waals surface area (Å²) in [6.45, 7) is 2.14. The van der Waals surface area contributed by atoms with E-state index >= 15 is 0 Å². The smallest absolute Gasteiger partial charge is 0.0542 e. The van der Waals surface area contributed by atoms with Crippen molar-refractivity contribution in [1.82, 2.24) is 9.88 Å². The van der Waals surface area contributed by atoms with Crippen LogP contribution in [-0.2, 0) is 19.6 Å². The van der Waals surface area contributed by atoms with Gasteiger partial charge in [-0.3, -0.25) is 9.88 Å². The Morgan fingerprint density at radius 2 is 2.00 bits per heavy atom. The van der Waals surface area contributed by atoms with Crippen LogP contribution < -0.4 is 5.73 Å². The molecule has 0 aliphatic heterocycles. The van der Waals surface area contributed by atoms with Crippen molar-refractivity contribution in [3.05, 3.63) is 64.4 Å². The molecule has 0 bridgehead atoms. The molecule has 2 aromatic rings. The van der Waals surface area contributed by atoms with Crippen LogP contribution in [-0.4, -0.2) is 16.9 Å². The SMILES string of the molecule is CN(Cc1ccnc(CN)c1)Cc1ccccc1Cl. The average molecular weight is 276 g/mol. The number of hydrogen-bond donors (Lipinski definition) is 1. The molecule has 0 amide bonds. The van der Waals surface area contributed by atoms with E-state index in [1.54, 1.807) is 6.20 Å². The summed E-state index contributed by atoms with van der Waals surface area (Å²) < 4.78 is 0. The fourth-order valence-corrected chi connectivity index (χ4v) is 2.22. The summed E-state index contributed by atoms with van der Waals surface area (Å²) >= 11 is 6.17. The Balaban J connectivity index is 2.01. The van der Waals surface area contributed by atoms with Crippen molar-refractivity contribution >= 4 is 11.6 Å². The maximum atomic E-state index is 6.17. The number of halogens is 1. The molecule has 0 aliphatic rings. The summed E-state index contributed by atoms with van der Waals surface area (Å²) in [5.41, 5.74) is 8.87. The van der Waals surface area contributed by atoms with E-state index in [2.05, 4.69) is 23.0 Å². The third-order valence-corrected chi connectivity index (χ3v) is 3.31. The lowest BCUT2D eigenvalue weighted by Crippen LogP contribution is -2.17. The van der Waals surface area contributed by atoms with E-state index in [4.69, 9.17) is 17.3 Å². The lowest BCUT2D eigenvalue weighted by molar-refractivity contribution is 0.319. The second kappa shape index (κ2) is 6.66. The minimum absolute atomic E-state index is 0.474. The molecule has 2 rings (SSSR count). The van der Waals surface area contributed by atoms with Gasteiger partial charge in [-0.1, -0.05) is 29.8 Å². The molecule has 4 heteroatoms. The molecule has 2 N–H and O–H groups in total. The van der Waals surface area contributed by atoms with Gasteiger partial charge >= 0.3 is 0 Å². The number of hydrogen-bond acceptors (Lipinski definition) is 3. The standard InChI is InChI=1S/C15H18ClN3/c1-19(11-13-4-2-3-5-15(13)16)10-12-6-7-18-14(8-12)9-17/h2-8H,9-11,17H2,1H3. The van der Waals surface area contributed by atoms with Crippen LogP contribution in [0.4, 0.5) is 0 Å². The highest BCUT2D eigenvalue weighted by Gasteiger charge is 2.05. The second-order valence-corrected chi connectivity index (χ2v) is 5.03. The fraction of sp³-hybridized carbons (Fsp3) is 0.267. The molecule has 0 saturated heterocycles. The number of benzene rings is 1. The summed E-state index contributed by atoms with van der Waals surface area (Å²) in [5.74, 6) is 0. The Bertz CT molecular complexity index is 542. The lowest BCUT2D eigenvalue weighted by atomic mass is 10.2. The highest BCUT2D eigenvalue weighted by Crippen LogP contribution is 2.17. The van der Waals surface area contributed by atoms with Crippen LogP contribution in [0.25, 0.3) is 0 Å². The lowest BCUT2D eigenvalue weighted by Gasteiger charge is -2.17. The third kappa shape index (κ3) is 4.03. The molecule has 0 aliphatic carbocycles. The Morgan fingerprint density at radius 1 is 1.21 bits per heavy atom. The van der Waals surface area contributed by atoms with Crippen LogP contribution in [0.15, 0.2) is 42.6 Å². The first-order valence-electron chi connectivity index (χ1n) is 6.25. The molecular weight excluding hydrogens is 258 g/mol. The molecule has 19 heavy (non-hydrogen) atoms. The Hall–Kier alpha value is -1.42. The number of aromatic nitrogens is 1. The predicted molar refractivity (Wildman–Crippen MR) is 78.8 cm³/mol. The first-order chi connectivity index (χ1) is 9.19. The first kappa shape index (κ1) is 14.0. The zero-order valence-corrected chi connectivity index (χ0v) is 11.8. The van der Waals surface area contributed by atoms with E-state index in [0.29, 0.717) is 6.54 Å². The zero-order valence-electron chi connectivity index (χ0n) is 11.0. The molecule has 100 valence electrons. The van der Waals surface area contributed by atoms with E-state index in [0.717, 1.165) is 29.4 Å². The summed E-state index contributed by atoms with van der Waals surface area (Å²) in [6, 6.07) is 12.0. The van der Waals surface area contributed by atoms with Gasteiger partial charge in [-0.2, -0.15) is 0 Å². The van der Waals surface area contributed by atoms with Crippen molar-refractivity contribution in [3.63, 3.8) is 0 Å². The van der Waals surface area contributed by atoms with Gasteiger partial charge in [-0.15, -0.1) is 0 Å². The number of nitrogens with zero attached hydrogens (tertiary/aromatic N) is 2. The van der Waals surface area contributed by atoms with Gasteiger partial charge in [0.15, 0.2) is 0 Å². The van der Waals surface area contributed by atoms with E-state index in [1.807, 2.05) is 30.3 Å². The Labute approximate surface area is 119 Å². The molecule has 0 unspecified atom stereocenters. The van der Waals surface area contributed by atoms with Gasteiger partial charge in [0.1, 0.15) is 0 Å². The van der Waals surface area contributed by atoms with Crippen LogP contribution in [0.1, 0.15) is 16.8 Å². The summed E-state index contributed by atoms with van der Waals surface area (Å²) in [7, 11) is 2.08. The van der Waals surface area contributed by atoms with Gasteiger partial charge < -0.3 is 5.73 Å². The minimum Gasteiger partial charge on any atom is -0.325 e. The molecule has 1 aromatic heterocycles. The van der Waals surface area contributed by atoms with Crippen molar-refractivity contribution in [2.45, 2.75) is 19.6 Å². The highest BCUT2D eigenvalue weighted by molar-refractivity contribution is 6.31. The van der Waals surface area contributed by atoms with Gasteiger partial charge in [-0.05, 0) is 36.4 Å². The molecule has 0 fully saturated rings. The van der Waals surface area contributed by atoms with Crippen LogP contribution in [0, 0.1) is 0 Å². The van der Waals surface area contributed by atoms with Crippen molar-refractivity contribution in [2.75, 3.05) is 7.05 Å². The first-order valence-corrected chi connectivity index (χ1v) is 6.62. The molecule has 0 saturated carbocycles. The van der Waals surface area contributed by atoms with Gasteiger partial charge in [0, 0.05) is 30.9 Å². The van der Waals surface area contributed by atoms with Crippen LogP contribution >= 0.6 is 11.6 Å². The van der Waals surface area contributed by atoms with Gasteiger partial charge in [0.25, 0.3) is 0 Å². The number of pyridine rings is 1. The number of nitrogens with two attached hydrogens (primary N) is 1. The van der Waals surface area contributed by atoms with Gasteiger partial charge in [0.2, 0.25) is 0 Å². The van der Waals surface area contributed by atoms with Crippen molar-refractivity contribution < 1.29 is 0 Å². The maximum Gasteiger partial charge on any atom is 0.0542 e. The highest BCUT2D eigenvalue weighted by atomic mass is 35.5. The molecule has 1 heterocycles. The summed E-state index contributed by atoms with van der Waals surface area (Å²) in [6.07, 6.45) is 1.81. The predicted octanol–water partition coefficient (Wildman–Crippen LogP) is 2.83. The molecule has 3 nitrogen and oxygen atoms in total. The van der Waals surface area contributed by atoms with E-state index in [1.165, 1.54) is 5.56 Å². The molecule has 0 atom stereocenters. The summed E-state index contributed by atoms with van der Waals surface area (Å²) in [5, 5.41) is 0.812. The van der Waals surface area contributed by atoms with Crippen molar-refractivity contribution in [1.29, 1.82) is 0 Å². The Kier molecular flexibility index (Phi) is 4.91. The van der Waals surface area contributed by atoms with E-state index < -0.39 is 0 Å². The van der Waals surface area contributed by atoms with Crippen molar-refractivity contribution in [2.24, 2.45) is 5.73 Å². The average Bonchev–Trinajstić information content (AvgIpc) is 2.41. The van der Waals surface area contributed by atoms with Gasteiger partial charge in [0.05, 0.1) is 5.69 Å². The molecule has 0 radical (unpaired) electrons. The largest absolute Gasteiger partial charge is 0.325 e. The van der Waals surface area contributed by atoms with E-state index in [-0.39, 0.29) is 0 Å². The maximum absolute atomic E-state index is 6.17. The second-order valence-electron chi connectivity index (χ2n) is 4.62. The zero-order chi connectivity index (χ0) is 13.7. The van der Waals surface area contributed by atoms with E-state index in [9.17, 15) is 0 Å². The Morgan fingerprint density at radius 3 is 2.74 bits per heavy atom. The monoisotopic (exact) mass is 275 g/mol. The third-order valence-electron chi connectivity index (χ3n) is 2.94. The molecule has 0 spiro atoms. The number of rotatable bonds is 5. The van der Waals surface area contributed by atoms with Gasteiger partial charge in [-0.25, -0.2) is 0 Å². The quantitative estimate of drug-likeness (QED) is 0.912. The normalized spacial score (nSPS) is 10.9. The molecular formula is C15H18ClN3. The minimum atomic E-state index is 0.474. The molecule has 1 aromatic carbocycles. The topological polar surface area (TPSA) is 42.2 Å². The van der Waals surface area contributed by atoms with Crippen molar-refractivity contribution in [3.8, 4) is 0 Å². The van der Waals surface area contributed by atoms with Crippen LogP contribution in [0.2, 0.25) is 5.02 Å². The van der Waals surface area contributed by atoms with Crippen LogP contribution in [0.3, 0.4) is 0 Å². The summed E-state index contributed by atoms with van der Waals surface area (Å²) in [4.78, 5) is 6.42. The van der Waals surface area contributed by atoms with Crippen LogP contribution in [0.5, 0.6) is 0 Å². The fourth-order valence-electron chi connectivity index (χ4n) is 2.02.